The fourth-order valence-corrected chi connectivity index (χ4v) is 2.02. The zero-order valence-electron chi connectivity index (χ0n) is 6.97. The molecule has 2 aliphatic rings. The Morgan fingerprint density at radius 3 is 2.75 bits per heavy atom. The summed E-state index contributed by atoms with van der Waals surface area (Å²) in [5.41, 5.74) is -1.65. The van der Waals surface area contributed by atoms with E-state index in [2.05, 4.69) is 10.1 Å². The summed E-state index contributed by atoms with van der Waals surface area (Å²) in [5, 5.41) is 3.03. The maximum Gasteiger partial charge on any atom is 0.344 e. The number of fused-ring (bicyclic) bond motifs is 1. The van der Waals surface area contributed by atoms with Gasteiger partial charge in [0.25, 0.3) is 0 Å². The van der Waals surface area contributed by atoms with Crippen LogP contribution in [0.5, 0.6) is 0 Å². The predicted molar refractivity (Wildman–Crippen MR) is 40.3 cm³/mol. The molecule has 0 radical (unpaired) electrons. The number of halogens is 1. The second-order valence-corrected chi connectivity index (χ2v) is 3.36. The first-order chi connectivity index (χ1) is 5.71. The number of piperidine rings is 1. The van der Waals surface area contributed by atoms with Gasteiger partial charge in [-0.3, -0.25) is 0 Å². The average molecular weight is 173 g/mol. The highest BCUT2D eigenvalue weighted by atomic mass is 19.1. The zero-order chi connectivity index (χ0) is 8.77. The van der Waals surface area contributed by atoms with Gasteiger partial charge in [0.1, 0.15) is 0 Å². The molecular weight excluding hydrogens is 161 g/mol. The average Bonchev–Trinajstić information content (AvgIpc) is 2.52. The molecule has 2 unspecified atom stereocenters. The second kappa shape index (κ2) is 2.42. The molecule has 0 amide bonds. The Bertz CT molecular complexity index is 209. The SMILES string of the molecule is CCOC(=O)C1(F)C2CNCC21. The first-order valence-corrected chi connectivity index (χ1v) is 4.28. The van der Waals surface area contributed by atoms with Crippen molar-refractivity contribution in [2.24, 2.45) is 11.8 Å². The molecule has 1 saturated heterocycles. The van der Waals surface area contributed by atoms with Crippen molar-refractivity contribution in [2.45, 2.75) is 12.6 Å². The van der Waals surface area contributed by atoms with E-state index in [1.54, 1.807) is 6.92 Å². The molecule has 0 aromatic heterocycles. The third kappa shape index (κ3) is 0.813. The standard InChI is InChI=1S/C8H12FNO2/c1-2-12-7(11)8(9)5-3-10-4-6(5)8/h5-6,10H,2-4H2,1H3. The van der Waals surface area contributed by atoms with Gasteiger partial charge >= 0.3 is 5.97 Å². The van der Waals surface area contributed by atoms with Crippen LogP contribution < -0.4 is 5.32 Å². The smallest absolute Gasteiger partial charge is 0.344 e. The summed E-state index contributed by atoms with van der Waals surface area (Å²) < 4.78 is 18.3. The van der Waals surface area contributed by atoms with Crippen LogP contribution in [0.15, 0.2) is 0 Å². The van der Waals surface area contributed by atoms with Crippen molar-refractivity contribution in [1.29, 1.82) is 0 Å². The number of hydrogen-bond donors (Lipinski definition) is 1. The lowest BCUT2D eigenvalue weighted by molar-refractivity contribution is -0.152. The topological polar surface area (TPSA) is 38.3 Å². The van der Waals surface area contributed by atoms with E-state index in [0.29, 0.717) is 13.1 Å². The molecule has 0 aromatic carbocycles. The van der Waals surface area contributed by atoms with Crippen LogP contribution in [0, 0.1) is 11.8 Å². The normalized spacial score (nSPS) is 43.8. The molecule has 1 aliphatic carbocycles. The summed E-state index contributed by atoms with van der Waals surface area (Å²) in [5.74, 6) is -0.922. The number of nitrogens with one attached hydrogen (secondary N) is 1. The highest BCUT2D eigenvalue weighted by molar-refractivity contribution is 5.85. The molecule has 2 fully saturated rings. The number of carbonyl (C=O) groups excluding carboxylic acids is 1. The van der Waals surface area contributed by atoms with Crippen molar-refractivity contribution < 1.29 is 13.9 Å². The van der Waals surface area contributed by atoms with Crippen molar-refractivity contribution >= 4 is 5.97 Å². The second-order valence-electron chi connectivity index (χ2n) is 3.36. The molecule has 2 atom stereocenters. The molecular formula is C8H12FNO2. The van der Waals surface area contributed by atoms with Crippen molar-refractivity contribution in [1.82, 2.24) is 5.32 Å². The molecule has 0 aromatic rings. The molecule has 1 N–H and O–H groups in total. The van der Waals surface area contributed by atoms with Crippen LogP contribution in [0.4, 0.5) is 4.39 Å². The molecule has 1 saturated carbocycles. The Hall–Kier alpha value is -0.640. The van der Waals surface area contributed by atoms with Gasteiger partial charge in [-0.2, -0.15) is 0 Å². The monoisotopic (exact) mass is 173 g/mol. The lowest BCUT2D eigenvalue weighted by Gasteiger charge is -2.10. The van der Waals surface area contributed by atoms with Crippen LogP contribution in [0.1, 0.15) is 6.92 Å². The number of alkyl halides is 1. The first kappa shape index (κ1) is 7.98. The van der Waals surface area contributed by atoms with Gasteiger partial charge in [-0.25, -0.2) is 9.18 Å². The molecule has 12 heavy (non-hydrogen) atoms. The first-order valence-electron chi connectivity index (χ1n) is 4.28. The Morgan fingerprint density at radius 1 is 1.67 bits per heavy atom. The summed E-state index contributed by atoms with van der Waals surface area (Å²) in [7, 11) is 0. The van der Waals surface area contributed by atoms with Gasteiger partial charge in [0.15, 0.2) is 0 Å². The number of hydrogen-bond acceptors (Lipinski definition) is 3. The van der Waals surface area contributed by atoms with Gasteiger partial charge in [0.2, 0.25) is 5.67 Å². The van der Waals surface area contributed by atoms with Gasteiger partial charge in [-0.1, -0.05) is 0 Å². The van der Waals surface area contributed by atoms with Gasteiger partial charge in [0, 0.05) is 24.9 Å². The summed E-state index contributed by atoms with van der Waals surface area (Å²) in [4.78, 5) is 11.1. The number of rotatable bonds is 2. The maximum atomic E-state index is 13.7. The molecule has 0 bridgehead atoms. The van der Waals surface area contributed by atoms with Gasteiger partial charge in [-0.15, -0.1) is 0 Å². The summed E-state index contributed by atoms with van der Waals surface area (Å²) in [6.45, 7) is 3.18. The Morgan fingerprint density at radius 2 is 2.25 bits per heavy atom. The number of carbonyl (C=O) groups is 1. The Labute approximate surface area is 70.3 Å². The van der Waals surface area contributed by atoms with E-state index in [9.17, 15) is 9.18 Å². The summed E-state index contributed by atoms with van der Waals surface area (Å²) in [6.07, 6.45) is 0. The zero-order valence-corrected chi connectivity index (χ0v) is 6.97. The lowest BCUT2D eigenvalue weighted by atomic mass is 10.2. The van der Waals surface area contributed by atoms with Crippen LogP contribution in [0.3, 0.4) is 0 Å². The molecule has 1 heterocycles. The minimum atomic E-state index is -1.65. The summed E-state index contributed by atoms with van der Waals surface area (Å²) >= 11 is 0. The van der Waals surface area contributed by atoms with E-state index >= 15 is 0 Å². The van der Waals surface area contributed by atoms with Gasteiger partial charge in [-0.05, 0) is 6.92 Å². The fourth-order valence-electron chi connectivity index (χ4n) is 2.02. The largest absolute Gasteiger partial charge is 0.464 e. The van der Waals surface area contributed by atoms with Crippen LogP contribution in [-0.2, 0) is 9.53 Å². The van der Waals surface area contributed by atoms with E-state index < -0.39 is 11.6 Å². The molecule has 68 valence electrons. The van der Waals surface area contributed by atoms with Crippen molar-refractivity contribution in [3.05, 3.63) is 0 Å². The molecule has 0 spiro atoms. The quantitative estimate of drug-likeness (QED) is 0.602. The van der Waals surface area contributed by atoms with Crippen molar-refractivity contribution in [2.75, 3.05) is 19.7 Å². The maximum absolute atomic E-state index is 13.7. The van der Waals surface area contributed by atoms with E-state index in [0.717, 1.165) is 0 Å². The van der Waals surface area contributed by atoms with Crippen LogP contribution in [0.2, 0.25) is 0 Å². The number of esters is 1. The number of ether oxygens (including phenoxy) is 1. The van der Waals surface area contributed by atoms with Crippen LogP contribution >= 0.6 is 0 Å². The highest BCUT2D eigenvalue weighted by Gasteiger charge is 2.73. The van der Waals surface area contributed by atoms with Crippen LogP contribution in [-0.4, -0.2) is 31.3 Å². The minimum absolute atomic E-state index is 0.128. The van der Waals surface area contributed by atoms with E-state index in [-0.39, 0.29) is 18.4 Å². The Balaban J connectivity index is 2.01. The van der Waals surface area contributed by atoms with Crippen molar-refractivity contribution in [3.8, 4) is 0 Å². The molecule has 1 aliphatic heterocycles. The van der Waals surface area contributed by atoms with E-state index in [4.69, 9.17) is 0 Å². The Kier molecular flexibility index (Phi) is 1.61. The van der Waals surface area contributed by atoms with E-state index in [1.165, 1.54) is 0 Å². The highest BCUT2D eigenvalue weighted by Crippen LogP contribution is 2.56. The lowest BCUT2D eigenvalue weighted by Crippen LogP contribution is -2.32. The summed E-state index contributed by atoms with van der Waals surface area (Å²) in [6, 6.07) is 0. The van der Waals surface area contributed by atoms with E-state index in [1.807, 2.05) is 0 Å². The third-order valence-corrected chi connectivity index (χ3v) is 2.77. The van der Waals surface area contributed by atoms with Crippen LogP contribution in [0.25, 0.3) is 0 Å². The molecule has 4 heteroatoms. The fraction of sp³-hybridized carbons (Fsp3) is 0.875. The van der Waals surface area contributed by atoms with Crippen molar-refractivity contribution in [3.63, 3.8) is 0 Å². The molecule has 3 nitrogen and oxygen atoms in total. The van der Waals surface area contributed by atoms with Gasteiger partial charge in [0.05, 0.1) is 6.61 Å². The predicted octanol–water partition coefficient (Wildman–Crippen LogP) is 0.107. The molecule has 2 rings (SSSR count). The van der Waals surface area contributed by atoms with Gasteiger partial charge < -0.3 is 10.1 Å². The minimum Gasteiger partial charge on any atom is -0.464 e. The third-order valence-electron chi connectivity index (χ3n) is 2.77.